The summed E-state index contributed by atoms with van der Waals surface area (Å²) < 4.78 is 44.6. The van der Waals surface area contributed by atoms with E-state index in [2.05, 4.69) is 15.4 Å². The highest BCUT2D eigenvalue weighted by Crippen LogP contribution is 2.28. The Labute approximate surface area is 248 Å². The number of ether oxygens (including phenoxy) is 1. The molecule has 0 bridgehead atoms. The van der Waals surface area contributed by atoms with Crippen LogP contribution in [-0.4, -0.2) is 77.8 Å². The smallest absolute Gasteiger partial charge is 0.416 e. The zero-order valence-electron chi connectivity index (χ0n) is 24.8. The second-order valence-corrected chi connectivity index (χ2v) is 11.4. The van der Waals surface area contributed by atoms with Crippen molar-refractivity contribution in [1.29, 1.82) is 0 Å². The van der Waals surface area contributed by atoms with E-state index in [-0.39, 0.29) is 11.1 Å². The standard InChI is InChI=1S/C31H38F3N3O6/c1-17(2)25(27(39)31(32,33)34)35-24(38)16-37(23-14-21-8-6-7-9-22(21)15-23)29(41)26(18(3)4)36-28(40)19-10-12-20(13-11-19)30(42)43-5/h6-13,17-18,23,25-27,39H,14-16H2,1-5H3,(H,35,38)(H,36,40)/t25?,26-,27?/m0/s1. The molecule has 1 aliphatic rings. The van der Waals surface area contributed by atoms with Gasteiger partial charge in [0.2, 0.25) is 11.8 Å². The van der Waals surface area contributed by atoms with Gasteiger partial charge in [-0.25, -0.2) is 4.79 Å². The lowest BCUT2D eigenvalue weighted by atomic mass is 9.97. The number of carbonyl (C=O) groups excluding carboxylic acids is 4. The van der Waals surface area contributed by atoms with Crippen LogP contribution in [0.2, 0.25) is 0 Å². The maximum absolute atomic E-state index is 14.1. The third-order valence-electron chi connectivity index (χ3n) is 7.58. The lowest BCUT2D eigenvalue weighted by molar-refractivity contribution is -0.215. The maximum Gasteiger partial charge on any atom is 0.416 e. The number of hydrogen-bond donors (Lipinski definition) is 3. The van der Waals surface area contributed by atoms with Gasteiger partial charge in [0.1, 0.15) is 6.04 Å². The summed E-state index contributed by atoms with van der Waals surface area (Å²) in [5.74, 6) is -3.77. The molecule has 2 aromatic carbocycles. The highest BCUT2D eigenvalue weighted by Gasteiger charge is 2.45. The lowest BCUT2D eigenvalue weighted by Crippen LogP contribution is -2.58. The highest BCUT2D eigenvalue weighted by molar-refractivity contribution is 5.99. The average Bonchev–Trinajstić information content (AvgIpc) is 3.39. The van der Waals surface area contributed by atoms with E-state index < -0.39 is 72.5 Å². The van der Waals surface area contributed by atoms with Gasteiger partial charge in [0.25, 0.3) is 5.91 Å². The molecule has 3 amide bonds. The van der Waals surface area contributed by atoms with Gasteiger partial charge in [0.05, 0.1) is 25.3 Å². The molecular weight excluding hydrogens is 567 g/mol. The van der Waals surface area contributed by atoms with Crippen LogP contribution < -0.4 is 10.6 Å². The molecule has 0 spiro atoms. The van der Waals surface area contributed by atoms with E-state index in [0.717, 1.165) is 11.1 Å². The molecule has 0 aliphatic heterocycles. The number of nitrogens with one attached hydrogen (secondary N) is 2. The molecule has 0 saturated heterocycles. The molecule has 3 rings (SSSR count). The van der Waals surface area contributed by atoms with E-state index in [4.69, 9.17) is 0 Å². The number of esters is 1. The van der Waals surface area contributed by atoms with Gasteiger partial charge in [-0.1, -0.05) is 52.0 Å². The molecular formula is C31H38F3N3O6. The van der Waals surface area contributed by atoms with Crippen LogP contribution in [0, 0.1) is 11.8 Å². The van der Waals surface area contributed by atoms with Crippen LogP contribution in [0.15, 0.2) is 48.5 Å². The first-order valence-electron chi connectivity index (χ1n) is 14.0. The van der Waals surface area contributed by atoms with E-state index in [0.29, 0.717) is 12.8 Å². The van der Waals surface area contributed by atoms with E-state index in [1.165, 1.54) is 50.1 Å². The summed E-state index contributed by atoms with van der Waals surface area (Å²) in [4.78, 5) is 53.4. The summed E-state index contributed by atoms with van der Waals surface area (Å²) in [5.41, 5.74) is 2.39. The zero-order valence-corrected chi connectivity index (χ0v) is 24.8. The second-order valence-electron chi connectivity index (χ2n) is 11.4. The van der Waals surface area contributed by atoms with Gasteiger partial charge >= 0.3 is 12.1 Å². The second kappa shape index (κ2) is 14.0. The van der Waals surface area contributed by atoms with E-state index >= 15 is 0 Å². The maximum atomic E-state index is 14.1. The largest absolute Gasteiger partial charge is 0.465 e. The number of aliphatic hydroxyl groups is 1. The lowest BCUT2D eigenvalue weighted by Gasteiger charge is -2.35. The molecule has 43 heavy (non-hydrogen) atoms. The van der Waals surface area contributed by atoms with Crippen molar-refractivity contribution in [2.45, 2.75) is 70.9 Å². The van der Waals surface area contributed by atoms with Gasteiger partial charge in [-0.05, 0) is 60.1 Å². The Morgan fingerprint density at radius 1 is 0.907 bits per heavy atom. The van der Waals surface area contributed by atoms with Gasteiger partial charge in [-0.3, -0.25) is 14.4 Å². The number of carbonyl (C=O) groups is 4. The molecule has 1 aliphatic carbocycles. The van der Waals surface area contributed by atoms with Crippen molar-refractivity contribution >= 4 is 23.7 Å². The van der Waals surface area contributed by atoms with E-state index in [1.807, 2.05) is 24.3 Å². The fourth-order valence-electron chi connectivity index (χ4n) is 5.14. The minimum absolute atomic E-state index is 0.185. The van der Waals surface area contributed by atoms with Gasteiger partial charge in [-0.15, -0.1) is 0 Å². The Morgan fingerprint density at radius 2 is 1.44 bits per heavy atom. The summed E-state index contributed by atoms with van der Waals surface area (Å²) in [6.07, 6.45) is -6.90. The van der Waals surface area contributed by atoms with Crippen LogP contribution in [0.3, 0.4) is 0 Å². The molecule has 0 aromatic heterocycles. The van der Waals surface area contributed by atoms with Crippen LogP contribution in [0.4, 0.5) is 13.2 Å². The van der Waals surface area contributed by atoms with Crippen molar-refractivity contribution in [1.82, 2.24) is 15.5 Å². The van der Waals surface area contributed by atoms with Crippen molar-refractivity contribution in [2.24, 2.45) is 11.8 Å². The van der Waals surface area contributed by atoms with Gasteiger partial charge in [0.15, 0.2) is 6.10 Å². The molecule has 3 atom stereocenters. The van der Waals surface area contributed by atoms with E-state index in [1.54, 1.807) is 13.8 Å². The summed E-state index contributed by atoms with van der Waals surface area (Å²) in [6, 6.07) is 10.0. The number of amides is 3. The van der Waals surface area contributed by atoms with E-state index in [9.17, 15) is 37.5 Å². The van der Waals surface area contributed by atoms with Gasteiger partial charge in [0, 0.05) is 11.6 Å². The third kappa shape index (κ3) is 8.34. The number of benzene rings is 2. The Kier molecular flexibility index (Phi) is 11.0. The van der Waals surface area contributed by atoms with Crippen molar-refractivity contribution in [3.63, 3.8) is 0 Å². The number of nitrogens with zero attached hydrogens (tertiary/aromatic N) is 1. The SMILES string of the molecule is COC(=O)c1ccc(C(=O)N[C@H](C(=O)N(CC(=O)NC(C(C)C)C(O)C(F)(F)F)C2Cc3ccccc3C2)C(C)C)cc1. The molecule has 2 aromatic rings. The molecule has 12 heteroatoms. The average molecular weight is 606 g/mol. The minimum Gasteiger partial charge on any atom is -0.465 e. The van der Waals surface area contributed by atoms with Crippen LogP contribution in [0.1, 0.15) is 59.5 Å². The first kappa shape index (κ1) is 33.6. The number of methoxy groups -OCH3 is 1. The highest BCUT2D eigenvalue weighted by atomic mass is 19.4. The predicted octanol–water partition coefficient (Wildman–Crippen LogP) is 3.29. The monoisotopic (exact) mass is 605 g/mol. The van der Waals surface area contributed by atoms with Crippen LogP contribution >= 0.6 is 0 Å². The number of rotatable bonds is 11. The Hall–Kier alpha value is -3.93. The number of halogens is 3. The molecule has 0 radical (unpaired) electrons. The predicted molar refractivity (Wildman–Crippen MR) is 152 cm³/mol. The molecule has 0 heterocycles. The Balaban J connectivity index is 1.86. The molecule has 234 valence electrons. The summed E-state index contributed by atoms with van der Waals surface area (Å²) in [6.45, 7) is 5.76. The fourth-order valence-corrected chi connectivity index (χ4v) is 5.14. The first-order chi connectivity index (χ1) is 20.1. The normalized spacial score (nSPS) is 15.4. The minimum atomic E-state index is -4.95. The molecule has 0 fully saturated rings. The Bertz CT molecular complexity index is 1290. The van der Waals surface area contributed by atoms with Crippen LogP contribution in [0.25, 0.3) is 0 Å². The molecule has 2 unspecified atom stereocenters. The van der Waals surface area contributed by atoms with Crippen molar-refractivity contribution in [3.05, 3.63) is 70.8 Å². The van der Waals surface area contributed by atoms with Crippen molar-refractivity contribution in [2.75, 3.05) is 13.7 Å². The van der Waals surface area contributed by atoms with Gasteiger partial charge < -0.3 is 25.4 Å². The topological polar surface area (TPSA) is 125 Å². The number of fused-ring (bicyclic) bond motifs is 1. The fraction of sp³-hybridized carbons (Fsp3) is 0.484. The molecule has 0 saturated carbocycles. The summed E-state index contributed by atoms with van der Waals surface area (Å²) >= 11 is 0. The number of hydrogen-bond acceptors (Lipinski definition) is 6. The molecule has 9 nitrogen and oxygen atoms in total. The quantitative estimate of drug-likeness (QED) is 0.338. The van der Waals surface area contributed by atoms with Gasteiger partial charge in [-0.2, -0.15) is 13.2 Å². The van der Waals surface area contributed by atoms with Crippen molar-refractivity contribution in [3.8, 4) is 0 Å². The summed E-state index contributed by atoms with van der Waals surface area (Å²) in [7, 11) is 1.23. The molecule has 3 N–H and O–H groups in total. The third-order valence-corrected chi connectivity index (χ3v) is 7.58. The van der Waals surface area contributed by atoms with Crippen LogP contribution in [0.5, 0.6) is 0 Å². The van der Waals surface area contributed by atoms with Crippen LogP contribution in [-0.2, 0) is 27.2 Å². The summed E-state index contributed by atoms with van der Waals surface area (Å²) in [5, 5.41) is 14.9. The Morgan fingerprint density at radius 3 is 1.91 bits per heavy atom. The zero-order chi connectivity index (χ0) is 32.1. The number of aliphatic hydroxyl groups excluding tert-OH is 1. The first-order valence-corrected chi connectivity index (χ1v) is 14.0. The van der Waals surface area contributed by atoms with Crippen molar-refractivity contribution < 1.29 is 42.2 Å². The number of alkyl halides is 3.